The first kappa shape index (κ1) is 16.7. The lowest BCUT2D eigenvalue weighted by Crippen LogP contribution is -2.12. The molecule has 0 atom stereocenters. The van der Waals surface area contributed by atoms with E-state index in [1.165, 1.54) is 12.0 Å². The van der Waals surface area contributed by atoms with Gasteiger partial charge in [-0.2, -0.15) is 10.3 Å². The lowest BCUT2D eigenvalue weighted by atomic mass is 9.93. The molecule has 0 unspecified atom stereocenters. The first-order valence-electron chi connectivity index (χ1n) is 9.08. The van der Waals surface area contributed by atoms with Crippen molar-refractivity contribution >= 4 is 0 Å². The van der Waals surface area contributed by atoms with Gasteiger partial charge >= 0.3 is 0 Å². The third-order valence-electron chi connectivity index (χ3n) is 4.60. The Morgan fingerprint density at radius 3 is 2.69 bits per heavy atom. The van der Waals surface area contributed by atoms with Crippen molar-refractivity contribution in [2.75, 3.05) is 0 Å². The van der Waals surface area contributed by atoms with E-state index in [9.17, 15) is 0 Å². The Hall–Kier alpha value is -2.77. The van der Waals surface area contributed by atoms with Crippen LogP contribution in [0.1, 0.15) is 44.4 Å². The molecule has 136 valence electrons. The van der Waals surface area contributed by atoms with Crippen LogP contribution in [0.15, 0.2) is 12.4 Å². The van der Waals surface area contributed by atoms with Crippen LogP contribution in [0.5, 0.6) is 5.88 Å². The summed E-state index contributed by atoms with van der Waals surface area (Å²) in [6.07, 6.45) is 9.35. The molecule has 0 fully saturated rings. The van der Waals surface area contributed by atoms with Gasteiger partial charge in [-0.1, -0.05) is 6.42 Å². The topological polar surface area (TPSA) is 94.4 Å². The summed E-state index contributed by atoms with van der Waals surface area (Å²) in [5, 5.41) is 19.1. The van der Waals surface area contributed by atoms with Gasteiger partial charge in [0.2, 0.25) is 11.7 Å². The van der Waals surface area contributed by atoms with Crippen LogP contribution in [0.25, 0.3) is 22.5 Å². The molecule has 0 bridgehead atoms. The van der Waals surface area contributed by atoms with E-state index < -0.39 is 0 Å². The molecule has 3 aromatic rings. The highest BCUT2D eigenvalue weighted by Crippen LogP contribution is 2.42. The van der Waals surface area contributed by atoms with Crippen LogP contribution in [0.4, 0.5) is 0 Å². The molecule has 1 aliphatic carbocycles. The molecule has 1 aliphatic rings. The third-order valence-corrected chi connectivity index (χ3v) is 4.60. The largest absolute Gasteiger partial charge is 0.474 e. The van der Waals surface area contributed by atoms with E-state index in [1.54, 1.807) is 0 Å². The second-order valence-electron chi connectivity index (χ2n) is 6.96. The summed E-state index contributed by atoms with van der Waals surface area (Å²) >= 11 is 0. The van der Waals surface area contributed by atoms with Crippen LogP contribution in [0, 0.1) is 0 Å². The maximum absolute atomic E-state index is 6.09. The lowest BCUT2D eigenvalue weighted by molar-refractivity contribution is 0.233. The minimum atomic E-state index is -0.00118. The number of nitrogens with one attached hydrogen (secondary N) is 1. The number of fused-ring (bicyclic) bond motifs is 1. The van der Waals surface area contributed by atoms with E-state index in [0.29, 0.717) is 11.7 Å². The Morgan fingerprint density at radius 2 is 2.00 bits per heavy atom. The number of aromatic amines is 1. The predicted molar refractivity (Wildman–Crippen MR) is 96.6 cm³/mol. The molecule has 3 aromatic heterocycles. The third kappa shape index (κ3) is 3.07. The van der Waals surface area contributed by atoms with Crippen LogP contribution in [-0.2, 0) is 19.9 Å². The van der Waals surface area contributed by atoms with Crippen LogP contribution < -0.4 is 4.74 Å². The monoisotopic (exact) mass is 353 g/mol. The Balaban J connectivity index is 2.03. The highest BCUT2D eigenvalue weighted by Gasteiger charge is 2.27. The molecule has 26 heavy (non-hydrogen) atoms. The maximum atomic E-state index is 6.09. The number of pyridine rings is 1. The standard InChI is InChI=1S/C18H23N7O/c1-11(2)26-18-16(17-21-23-24-22-17)15(12-9-19-25(3)10-12)13-7-5-4-6-8-14(13)20-18/h9-11H,4-8H2,1-3H3,(H,21,22,23,24). The number of rotatable bonds is 4. The zero-order valence-electron chi connectivity index (χ0n) is 15.4. The summed E-state index contributed by atoms with van der Waals surface area (Å²) in [5.41, 5.74) is 5.26. The van der Waals surface area contributed by atoms with Gasteiger partial charge in [-0.25, -0.2) is 4.98 Å². The van der Waals surface area contributed by atoms with Gasteiger partial charge in [0.05, 0.1) is 17.9 Å². The molecule has 3 heterocycles. The number of hydrogen-bond donors (Lipinski definition) is 1. The minimum Gasteiger partial charge on any atom is -0.474 e. The van der Waals surface area contributed by atoms with Gasteiger partial charge in [-0.3, -0.25) is 4.68 Å². The van der Waals surface area contributed by atoms with E-state index >= 15 is 0 Å². The zero-order chi connectivity index (χ0) is 18.1. The van der Waals surface area contributed by atoms with Crippen LogP contribution in [0.3, 0.4) is 0 Å². The van der Waals surface area contributed by atoms with Crippen LogP contribution in [0.2, 0.25) is 0 Å². The summed E-state index contributed by atoms with van der Waals surface area (Å²) < 4.78 is 7.89. The first-order chi connectivity index (χ1) is 12.6. The normalized spacial score (nSPS) is 14.3. The highest BCUT2D eigenvalue weighted by molar-refractivity contribution is 5.86. The fourth-order valence-corrected chi connectivity index (χ4v) is 3.55. The van der Waals surface area contributed by atoms with E-state index in [4.69, 9.17) is 9.72 Å². The molecule has 0 spiro atoms. The van der Waals surface area contributed by atoms with Crippen molar-refractivity contribution in [3.8, 4) is 28.4 Å². The van der Waals surface area contributed by atoms with Crippen molar-refractivity contribution in [2.45, 2.75) is 52.1 Å². The molecular weight excluding hydrogens is 330 g/mol. The molecule has 4 rings (SSSR count). The van der Waals surface area contributed by atoms with Crippen molar-refractivity contribution in [3.63, 3.8) is 0 Å². The highest BCUT2D eigenvalue weighted by atomic mass is 16.5. The quantitative estimate of drug-likeness (QED) is 0.725. The molecule has 0 radical (unpaired) electrons. The Labute approximate surface area is 152 Å². The summed E-state index contributed by atoms with van der Waals surface area (Å²) in [7, 11) is 1.92. The van der Waals surface area contributed by atoms with Gasteiger partial charge < -0.3 is 4.74 Å². The van der Waals surface area contributed by atoms with Gasteiger partial charge in [0.15, 0.2) is 0 Å². The van der Waals surface area contributed by atoms with Gasteiger partial charge in [0.25, 0.3) is 0 Å². The first-order valence-corrected chi connectivity index (χ1v) is 9.08. The van der Waals surface area contributed by atoms with E-state index in [-0.39, 0.29) is 6.10 Å². The number of hydrogen-bond acceptors (Lipinski definition) is 6. The van der Waals surface area contributed by atoms with Crippen molar-refractivity contribution in [3.05, 3.63) is 23.7 Å². The molecule has 0 saturated heterocycles. The number of tetrazole rings is 1. The summed E-state index contributed by atoms with van der Waals surface area (Å²) in [4.78, 5) is 4.89. The van der Waals surface area contributed by atoms with E-state index in [0.717, 1.165) is 48.1 Å². The SMILES string of the molecule is CC(C)Oc1nc2c(c(-c3cnn(C)c3)c1-c1nn[nH]n1)CCCCC2. The molecule has 0 saturated carbocycles. The van der Waals surface area contributed by atoms with Crippen molar-refractivity contribution in [1.29, 1.82) is 0 Å². The number of ether oxygens (including phenoxy) is 1. The Morgan fingerprint density at radius 1 is 1.15 bits per heavy atom. The molecule has 8 heteroatoms. The summed E-state index contributed by atoms with van der Waals surface area (Å²) in [5.74, 6) is 1.07. The molecule has 0 aromatic carbocycles. The average molecular weight is 353 g/mol. The average Bonchev–Trinajstić information content (AvgIpc) is 3.21. The Kier molecular flexibility index (Phi) is 4.40. The Bertz CT molecular complexity index is 899. The maximum Gasteiger partial charge on any atom is 0.225 e. The van der Waals surface area contributed by atoms with E-state index in [1.807, 2.05) is 38.0 Å². The number of aryl methyl sites for hydroxylation is 2. The molecular formula is C18H23N7O. The van der Waals surface area contributed by atoms with Crippen molar-refractivity contribution in [2.24, 2.45) is 7.05 Å². The number of H-pyrrole nitrogens is 1. The van der Waals surface area contributed by atoms with Crippen molar-refractivity contribution < 1.29 is 4.74 Å². The second kappa shape index (κ2) is 6.86. The predicted octanol–water partition coefficient (Wildman–Crippen LogP) is 2.72. The molecule has 1 N–H and O–H groups in total. The second-order valence-corrected chi connectivity index (χ2v) is 6.96. The lowest BCUT2D eigenvalue weighted by Gasteiger charge is -2.19. The summed E-state index contributed by atoms with van der Waals surface area (Å²) in [6.45, 7) is 3.99. The molecule has 0 aliphatic heterocycles. The fourth-order valence-electron chi connectivity index (χ4n) is 3.55. The smallest absolute Gasteiger partial charge is 0.225 e. The van der Waals surface area contributed by atoms with E-state index in [2.05, 4.69) is 25.7 Å². The zero-order valence-corrected chi connectivity index (χ0v) is 15.4. The van der Waals surface area contributed by atoms with Gasteiger partial charge in [0.1, 0.15) is 0 Å². The van der Waals surface area contributed by atoms with Crippen molar-refractivity contribution in [1.82, 2.24) is 35.4 Å². The molecule has 8 nitrogen and oxygen atoms in total. The number of aromatic nitrogens is 7. The van der Waals surface area contributed by atoms with Gasteiger partial charge in [0, 0.05) is 30.1 Å². The molecule has 0 amide bonds. The van der Waals surface area contributed by atoms with Gasteiger partial charge in [-0.15, -0.1) is 10.2 Å². The van der Waals surface area contributed by atoms with Crippen LogP contribution >= 0.6 is 0 Å². The minimum absolute atomic E-state index is 0.00118. The van der Waals surface area contributed by atoms with Crippen LogP contribution in [-0.4, -0.2) is 41.5 Å². The summed E-state index contributed by atoms with van der Waals surface area (Å²) in [6, 6.07) is 0. The van der Waals surface area contributed by atoms with Gasteiger partial charge in [-0.05, 0) is 50.3 Å². The number of nitrogens with zero attached hydrogens (tertiary/aromatic N) is 6. The fraction of sp³-hybridized carbons (Fsp3) is 0.500.